The van der Waals surface area contributed by atoms with E-state index in [1.54, 1.807) is 0 Å². The topological polar surface area (TPSA) is 61.7 Å². The summed E-state index contributed by atoms with van der Waals surface area (Å²) in [6.07, 6.45) is 0. The van der Waals surface area contributed by atoms with E-state index in [2.05, 4.69) is 167 Å². The summed E-state index contributed by atoms with van der Waals surface area (Å²) in [4.78, 5) is 15.1. The van der Waals surface area contributed by atoms with Crippen LogP contribution in [0.4, 0.5) is 0 Å². The van der Waals surface area contributed by atoms with Crippen molar-refractivity contribution in [3.63, 3.8) is 0 Å². The maximum Gasteiger partial charge on any atom is 0.167 e. The summed E-state index contributed by atoms with van der Waals surface area (Å²) in [6, 6.07) is 79.8. The number of fused-ring (bicyclic) bond motifs is 12. The molecule has 0 radical (unpaired) electrons. The summed E-state index contributed by atoms with van der Waals surface area (Å²) in [6.45, 7) is 0. The highest BCUT2D eigenvalue weighted by Crippen LogP contribution is 2.43. The van der Waals surface area contributed by atoms with Gasteiger partial charge in [0.05, 0.1) is 33.3 Å². The van der Waals surface area contributed by atoms with Gasteiger partial charge < -0.3 is 13.6 Å². The maximum atomic E-state index is 7.10. The third kappa shape index (κ3) is 5.89. The second-order valence-corrected chi connectivity index (χ2v) is 19.0. The lowest BCUT2D eigenvalue weighted by atomic mass is 10.0. The molecule has 15 aromatic rings. The van der Waals surface area contributed by atoms with Gasteiger partial charge in [-0.25, -0.2) is 15.0 Å². The molecule has 70 heavy (non-hydrogen) atoms. The van der Waals surface area contributed by atoms with Crippen LogP contribution in [-0.4, -0.2) is 24.1 Å². The van der Waals surface area contributed by atoms with E-state index in [1.165, 1.54) is 64.0 Å². The molecule has 15 rings (SSSR count). The van der Waals surface area contributed by atoms with Crippen LogP contribution >= 0.6 is 11.3 Å². The van der Waals surface area contributed by atoms with E-state index >= 15 is 0 Å². The summed E-state index contributed by atoms with van der Waals surface area (Å²) in [5, 5.41) is 9.43. The number of nitrogens with zero attached hydrogens (tertiary/aromatic N) is 5. The summed E-state index contributed by atoms with van der Waals surface area (Å²) in [5.74, 6) is 1.77. The van der Waals surface area contributed by atoms with Crippen molar-refractivity contribution < 1.29 is 4.42 Å². The van der Waals surface area contributed by atoms with E-state index in [-0.39, 0.29) is 0 Å². The zero-order valence-electron chi connectivity index (χ0n) is 37.4. The summed E-state index contributed by atoms with van der Waals surface area (Å²) in [5.41, 5.74) is 13.2. The number of rotatable bonds is 6. The van der Waals surface area contributed by atoms with Crippen molar-refractivity contribution in [3.05, 3.63) is 224 Å². The second-order valence-electron chi connectivity index (χ2n) is 17.9. The molecule has 7 heteroatoms. The van der Waals surface area contributed by atoms with Crippen molar-refractivity contribution in [1.29, 1.82) is 0 Å². The second kappa shape index (κ2) is 15.2. The van der Waals surface area contributed by atoms with Crippen molar-refractivity contribution in [2.45, 2.75) is 0 Å². The van der Waals surface area contributed by atoms with Crippen molar-refractivity contribution in [1.82, 2.24) is 24.1 Å². The Balaban J connectivity index is 0.876. The number of furan rings is 1. The van der Waals surface area contributed by atoms with Gasteiger partial charge in [0.1, 0.15) is 5.58 Å². The molecule has 0 aliphatic rings. The van der Waals surface area contributed by atoms with E-state index in [1.807, 2.05) is 78.1 Å². The molecule has 0 unspecified atom stereocenters. The summed E-state index contributed by atoms with van der Waals surface area (Å²) < 4.78 is 14.5. The molecule has 10 aromatic carbocycles. The van der Waals surface area contributed by atoms with Crippen molar-refractivity contribution in [2.75, 3.05) is 0 Å². The molecule has 0 bridgehead atoms. The third-order valence-electron chi connectivity index (χ3n) is 14.0. The Morgan fingerprint density at radius 2 is 0.829 bits per heavy atom. The van der Waals surface area contributed by atoms with Crippen LogP contribution in [0.3, 0.4) is 0 Å². The van der Waals surface area contributed by atoms with Crippen molar-refractivity contribution in [3.8, 4) is 56.7 Å². The molecular weight excluding hydrogens is 875 g/mol. The van der Waals surface area contributed by atoms with Gasteiger partial charge in [0, 0.05) is 69.3 Å². The lowest BCUT2D eigenvalue weighted by molar-refractivity contribution is 0.667. The molecule has 0 atom stereocenters. The summed E-state index contributed by atoms with van der Waals surface area (Å²) in [7, 11) is 0. The van der Waals surface area contributed by atoms with Crippen LogP contribution in [0.2, 0.25) is 0 Å². The predicted octanol–water partition coefficient (Wildman–Crippen LogP) is 17.0. The molecule has 0 fully saturated rings. The Hall–Kier alpha value is -9.17. The Bertz CT molecular complexity index is 4540. The zero-order chi connectivity index (χ0) is 45.9. The largest absolute Gasteiger partial charge is 0.453 e. The Morgan fingerprint density at radius 1 is 0.314 bits per heavy atom. The van der Waals surface area contributed by atoms with E-state index in [9.17, 15) is 0 Å². The Labute approximate surface area is 404 Å². The van der Waals surface area contributed by atoms with Gasteiger partial charge in [-0.15, -0.1) is 11.3 Å². The predicted molar refractivity (Wildman–Crippen MR) is 290 cm³/mol. The minimum absolute atomic E-state index is 0.555. The molecule has 0 saturated heterocycles. The lowest BCUT2D eigenvalue weighted by Gasteiger charge is -2.10. The van der Waals surface area contributed by atoms with Crippen LogP contribution in [0.1, 0.15) is 0 Å². The first kappa shape index (κ1) is 38.9. The first-order chi connectivity index (χ1) is 34.7. The molecule has 0 N–H and O–H groups in total. The molecule has 0 amide bonds. The fourth-order valence-electron chi connectivity index (χ4n) is 10.8. The van der Waals surface area contributed by atoms with Gasteiger partial charge in [-0.2, -0.15) is 0 Å². The highest BCUT2D eigenvalue weighted by atomic mass is 32.1. The SMILES string of the molecule is c1ccc(-c2nc(-c3ccccc3)nc(-c3cccc4c3oc3c(-n5c6ccccc6c6cc(-c7ccc8c(c7)c7ccccc7n8-c7ccc8sc9ccccc9c8c7)ccc65)cccc34)n2)cc1. The molecule has 0 spiro atoms. The van der Waals surface area contributed by atoms with Crippen molar-refractivity contribution >= 4 is 97.1 Å². The number of thiophene rings is 1. The van der Waals surface area contributed by atoms with Crippen LogP contribution < -0.4 is 0 Å². The van der Waals surface area contributed by atoms with Crippen LogP contribution in [0.25, 0.3) is 142 Å². The first-order valence-corrected chi connectivity index (χ1v) is 24.3. The van der Waals surface area contributed by atoms with Crippen LogP contribution in [0.15, 0.2) is 229 Å². The number of benzene rings is 10. The van der Waals surface area contributed by atoms with Crippen LogP contribution in [-0.2, 0) is 0 Å². The monoisotopic (exact) mass is 911 g/mol. The average molecular weight is 912 g/mol. The van der Waals surface area contributed by atoms with Gasteiger partial charge in [-0.1, -0.05) is 152 Å². The molecule has 6 nitrogen and oxygen atoms in total. The third-order valence-corrected chi connectivity index (χ3v) is 15.1. The van der Waals surface area contributed by atoms with Crippen LogP contribution in [0.5, 0.6) is 0 Å². The molecule has 326 valence electrons. The number of aromatic nitrogens is 5. The molecule has 0 aliphatic carbocycles. The smallest absolute Gasteiger partial charge is 0.167 e. The van der Waals surface area contributed by atoms with Gasteiger partial charge in [0.25, 0.3) is 0 Å². The Morgan fingerprint density at radius 3 is 1.51 bits per heavy atom. The van der Waals surface area contributed by atoms with Crippen LogP contribution in [0, 0.1) is 0 Å². The molecule has 0 aliphatic heterocycles. The van der Waals surface area contributed by atoms with E-state index in [0.29, 0.717) is 17.5 Å². The van der Waals surface area contributed by atoms with E-state index in [4.69, 9.17) is 19.4 Å². The van der Waals surface area contributed by atoms with Gasteiger partial charge in [-0.05, 0) is 83.9 Å². The van der Waals surface area contributed by atoms with E-state index in [0.717, 1.165) is 60.9 Å². The fraction of sp³-hybridized carbons (Fsp3) is 0. The van der Waals surface area contributed by atoms with Gasteiger partial charge in [-0.3, -0.25) is 0 Å². The quantitative estimate of drug-likeness (QED) is 0.167. The molecular formula is C63H37N5OS. The molecule has 0 saturated carbocycles. The van der Waals surface area contributed by atoms with E-state index < -0.39 is 0 Å². The number of hydrogen-bond acceptors (Lipinski definition) is 5. The number of para-hydroxylation sites is 4. The lowest BCUT2D eigenvalue weighted by Crippen LogP contribution is -2.00. The fourth-order valence-corrected chi connectivity index (χ4v) is 11.9. The number of hydrogen-bond donors (Lipinski definition) is 0. The van der Waals surface area contributed by atoms with Crippen molar-refractivity contribution in [2.24, 2.45) is 0 Å². The highest BCUT2D eigenvalue weighted by molar-refractivity contribution is 7.25. The van der Waals surface area contributed by atoms with Gasteiger partial charge in [0.2, 0.25) is 0 Å². The minimum Gasteiger partial charge on any atom is -0.453 e. The maximum absolute atomic E-state index is 7.10. The van der Waals surface area contributed by atoms with Gasteiger partial charge in [0.15, 0.2) is 23.1 Å². The minimum atomic E-state index is 0.555. The average Bonchev–Trinajstić information content (AvgIpc) is 4.19. The normalized spacial score (nSPS) is 12.0. The molecule has 5 aromatic heterocycles. The highest BCUT2D eigenvalue weighted by Gasteiger charge is 2.22. The Kier molecular flexibility index (Phi) is 8.43. The molecule has 5 heterocycles. The summed E-state index contributed by atoms with van der Waals surface area (Å²) >= 11 is 1.85. The van der Waals surface area contributed by atoms with Gasteiger partial charge >= 0.3 is 0 Å². The zero-order valence-corrected chi connectivity index (χ0v) is 38.2. The first-order valence-electron chi connectivity index (χ1n) is 23.5. The standard InChI is InChI=1S/C63H37N5OS/c1-3-15-38(16-4-1)61-64-62(39-17-5-2-6-18-39)66-63(65-61)48-24-13-22-46-47-23-14-27-56(60(47)69-59(46)48)68-53-26-11-8-20-44(53)50-36-41(30-33-55(50)68)40-29-32-54-49(35-40)43-19-7-10-25-52(43)67(54)42-31-34-58-51(37-42)45-21-9-12-28-57(45)70-58/h1-37H.